The average molecular weight is 218 g/mol. The number of aliphatic carboxylic acids is 1. The molecule has 15 heavy (non-hydrogen) atoms. The summed E-state index contributed by atoms with van der Waals surface area (Å²) in [7, 11) is 1.44. The predicted octanol–water partition coefficient (Wildman–Crippen LogP) is -0.669. The second-order valence-electron chi connectivity index (χ2n) is 3.57. The first-order valence-electron chi connectivity index (χ1n) is 4.68. The number of methoxy groups -OCH3 is 1. The monoisotopic (exact) mass is 218 g/mol. The predicted molar refractivity (Wildman–Crippen MR) is 54.3 cm³/mol. The van der Waals surface area contributed by atoms with Gasteiger partial charge >= 0.3 is 5.97 Å². The molecule has 6 nitrogen and oxygen atoms in total. The molecule has 0 aliphatic carbocycles. The lowest BCUT2D eigenvalue weighted by molar-refractivity contribution is -0.146. The standard InChI is InChI=1S/C9H18N2O4/c1-9(6-15-2,8(13)14)11-5-3-4-7(10)12/h11H,3-6H2,1-2H3,(H2,10,12)(H,13,14). The fourth-order valence-electron chi connectivity index (χ4n) is 1.10. The molecule has 0 radical (unpaired) electrons. The van der Waals surface area contributed by atoms with Crippen molar-refractivity contribution in [2.24, 2.45) is 5.73 Å². The van der Waals surface area contributed by atoms with Gasteiger partial charge in [-0.25, -0.2) is 0 Å². The molecule has 0 aliphatic heterocycles. The summed E-state index contributed by atoms with van der Waals surface area (Å²) in [6.07, 6.45) is 0.762. The molecular formula is C9H18N2O4. The van der Waals surface area contributed by atoms with E-state index < -0.39 is 11.5 Å². The molecule has 0 aromatic carbocycles. The first-order valence-corrected chi connectivity index (χ1v) is 4.68. The van der Waals surface area contributed by atoms with E-state index in [-0.39, 0.29) is 18.9 Å². The number of carbonyl (C=O) groups is 2. The Bertz CT molecular complexity index is 232. The normalized spacial score (nSPS) is 14.5. The van der Waals surface area contributed by atoms with Gasteiger partial charge in [-0.15, -0.1) is 0 Å². The fourth-order valence-corrected chi connectivity index (χ4v) is 1.10. The van der Waals surface area contributed by atoms with Crippen molar-refractivity contribution in [3.05, 3.63) is 0 Å². The molecule has 0 heterocycles. The molecule has 0 saturated heterocycles. The second-order valence-corrected chi connectivity index (χ2v) is 3.57. The molecule has 0 aromatic rings. The van der Waals surface area contributed by atoms with Crippen molar-refractivity contribution in [1.82, 2.24) is 5.32 Å². The summed E-state index contributed by atoms with van der Waals surface area (Å²) < 4.78 is 4.81. The highest BCUT2D eigenvalue weighted by molar-refractivity contribution is 5.78. The maximum Gasteiger partial charge on any atom is 0.326 e. The Morgan fingerprint density at radius 3 is 2.53 bits per heavy atom. The van der Waals surface area contributed by atoms with E-state index in [1.807, 2.05) is 0 Å². The van der Waals surface area contributed by atoms with Gasteiger partial charge in [0.05, 0.1) is 6.61 Å². The van der Waals surface area contributed by atoms with E-state index in [0.29, 0.717) is 13.0 Å². The number of primary amides is 1. The lowest BCUT2D eigenvalue weighted by Gasteiger charge is -2.25. The van der Waals surface area contributed by atoms with E-state index >= 15 is 0 Å². The van der Waals surface area contributed by atoms with Crippen LogP contribution in [0.15, 0.2) is 0 Å². The quantitative estimate of drug-likeness (QED) is 0.469. The molecule has 0 bridgehead atoms. The lowest BCUT2D eigenvalue weighted by Crippen LogP contribution is -2.53. The third kappa shape index (κ3) is 5.34. The van der Waals surface area contributed by atoms with Gasteiger partial charge in [-0.2, -0.15) is 0 Å². The molecule has 0 rings (SSSR count). The van der Waals surface area contributed by atoms with Crippen LogP contribution in [-0.4, -0.2) is 42.8 Å². The molecule has 0 aromatic heterocycles. The molecule has 4 N–H and O–H groups in total. The summed E-state index contributed by atoms with van der Waals surface area (Å²) in [5, 5.41) is 11.8. The molecule has 1 amide bonds. The number of nitrogens with one attached hydrogen (secondary N) is 1. The highest BCUT2D eigenvalue weighted by Crippen LogP contribution is 2.04. The molecule has 0 saturated carbocycles. The molecule has 0 aliphatic rings. The van der Waals surface area contributed by atoms with Crippen LogP contribution in [-0.2, 0) is 14.3 Å². The van der Waals surface area contributed by atoms with Gasteiger partial charge in [-0.1, -0.05) is 0 Å². The Balaban J connectivity index is 3.97. The molecule has 88 valence electrons. The summed E-state index contributed by atoms with van der Waals surface area (Å²) in [6.45, 7) is 2.01. The number of carboxylic acid groups (broad SMARTS) is 1. The van der Waals surface area contributed by atoms with Gasteiger partial charge in [0.25, 0.3) is 0 Å². The number of carbonyl (C=O) groups excluding carboxylic acids is 1. The summed E-state index contributed by atoms with van der Waals surface area (Å²) in [6, 6.07) is 0. The van der Waals surface area contributed by atoms with Gasteiger partial charge in [-0.05, 0) is 19.9 Å². The van der Waals surface area contributed by atoms with Gasteiger partial charge < -0.3 is 20.9 Å². The van der Waals surface area contributed by atoms with E-state index in [9.17, 15) is 9.59 Å². The number of ether oxygens (including phenoxy) is 1. The number of carboxylic acids is 1. The van der Waals surface area contributed by atoms with Crippen LogP contribution < -0.4 is 11.1 Å². The summed E-state index contributed by atoms with van der Waals surface area (Å²) >= 11 is 0. The third-order valence-electron chi connectivity index (χ3n) is 2.02. The SMILES string of the molecule is COCC(C)(NCCCC(N)=O)C(=O)O. The van der Waals surface area contributed by atoms with Crippen LogP contribution in [0.3, 0.4) is 0 Å². The molecule has 1 unspecified atom stereocenters. The smallest absolute Gasteiger partial charge is 0.326 e. The first-order chi connectivity index (χ1) is 6.92. The van der Waals surface area contributed by atoms with Gasteiger partial charge in [0, 0.05) is 13.5 Å². The van der Waals surface area contributed by atoms with Crippen molar-refractivity contribution in [2.75, 3.05) is 20.3 Å². The lowest BCUT2D eigenvalue weighted by atomic mass is 10.0. The molecule has 6 heteroatoms. The zero-order valence-electron chi connectivity index (χ0n) is 9.08. The molecular weight excluding hydrogens is 200 g/mol. The molecule has 1 atom stereocenters. The van der Waals surface area contributed by atoms with Crippen molar-refractivity contribution < 1.29 is 19.4 Å². The van der Waals surface area contributed by atoms with E-state index in [1.165, 1.54) is 14.0 Å². The van der Waals surface area contributed by atoms with E-state index in [0.717, 1.165) is 0 Å². The summed E-state index contributed by atoms with van der Waals surface area (Å²) in [5.41, 5.74) is 3.83. The zero-order valence-corrected chi connectivity index (χ0v) is 9.08. The van der Waals surface area contributed by atoms with Crippen molar-refractivity contribution in [3.8, 4) is 0 Å². The number of amides is 1. The number of hydrogen-bond donors (Lipinski definition) is 3. The fraction of sp³-hybridized carbons (Fsp3) is 0.778. The highest BCUT2D eigenvalue weighted by atomic mass is 16.5. The largest absolute Gasteiger partial charge is 0.480 e. The Labute approximate surface area is 88.8 Å². The average Bonchev–Trinajstić information content (AvgIpc) is 2.12. The number of nitrogens with two attached hydrogens (primary N) is 1. The molecule has 0 spiro atoms. The van der Waals surface area contributed by atoms with Crippen LogP contribution in [0.4, 0.5) is 0 Å². The number of hydrogen-bond acceptors (Lipinski definition) is 4. The van der Waals surface area contributed by atoms with Crippen molar-refractivity contribution in [1.29, 1.82) is 0 Å². The van der Waals surface area contributed by atoms with E-state index in [2.05, 4.69) is 5.32 Å². The van der Waals surface area contributed by atoms with Gasteiger partial charge in [0.1, 0.15) is 5.54 Å². The van der Waals surface area contributed by atoms with Crippen molar-refractivity contribution in [3.63, 3.8) is 0 Å². The third-order valence-corrected chi connectivity index (χ3v) is 2.02. The Morgan fingerprint density at radius 1 is 1.53 bits per heavy atom. The van der Waals surface area contributed by atoms with Crippen molar-refractivity contribution in [2.45, 2.75) is 25.3 Å². The minimum atomic E-state index is -1.12. The van der Waals surface area contributed by atoms with Crippen LogP contribution >= 0.6 is 0 Å². The topological polar surface area (TPSA) is 102 Å². The Kier molecular flexibility index (Phi) is 5.88. The van der Waals surface area contributed by atoms with E-state index in [1.54, 1.807) is 0 Å². The maximum atomic E-state index is 10.9. The van der Waals surface area contributed by atoms with Crippen LogP contribution in [0.5, 0.6) is 0 Å². The van der Waals surface area contributed by atoms with Gasteiger partial charge in [0.2, 0.25) is 5.91 Å². The van der Waals surface area contributed by atoms with Gasteiger partial charge in [-0.3, -0.25) is 9.59 Å². The van der Waals surface area contributed by atoms with E-state index in [4.69, 9.17) is 15.6 Å². The molecule has 0 fully saturated rings. The van der Waals surface area contributed by atoms with Crippen molar-refractivity contribution >= 4 is 11.9 Å². The minimum Gasteiger partial charge on any atom is -0.480 e. The van der Waals surface area contributed by atoms with Crippen LogP contribution in [0.1, 0.15) is 19.8 Å². The van der Waals surface area contributed by atoms with Crippen LogP contribution in [0, 0.1) is 0 Å². The first kappa shape index (κ1) is 13.9. The summed E-state index contributed by atoms with van der Waals surface area (Å²) in [4.78, 5) is 21.3. The summed E-state index contributed by atoms with van der Waals surface area (Å²) in [5.74, 6) is -1.37. The minimum absolute atomic E-state index is 0.0684. The Hall–Kier alpha value is -1.14. The number of rotatable bonds is 8. The van der Waals surface area contributed by atoms with Gasteiger partial charge in [0.15, 0.2) is 0 Å². The zero-order chi connectivity index (χ0) is 11.9. The maximum absolute atomic E-state index is 10.9. The van der Waals surface area contributed by atoms with Crippen LogP contribution in [0.25, 0.3) is 0 Å². The highest BCUT2D eigenvalue weighted by Gasteiger charge is 2.32. The van der Waals surface area contributed by atoms with Crippen LogP contribution in [0.2, 0.25) is 0 Å². The second kappa shape index (κ2) is 6.36. The Morgan fingerprint density at radius 2 is 2.13 bits per heavy atom.